The zero-order chi connectivity index (χ0) is 15.4. The smallest absolute Gasteiger partial charge is 0.252 e. The summed E-state index contributed by atoms with van der Waals surface area (Å²) in [6.07, 6.45) is 0. The Kier molecular flexibility index (Phi) is 5.02. The lowest BCUT2D eigenvalue weighted by molar-refractivity contribution is 0.0939. The number of carbonyl (C=O) groups is 1. The summed E-state index contributed by atoms with van der Waals surface area (Å²) in [6.45, 7) is 3.93. The molecule has 0 bridgehead atoms. The zero-order valence-electron chi connectivity index (χ0n) is 12.4. The quantitative estimate of drug-likeness (QED) is 0.866. The summed E-state index contributed by atoms with van der Waals surface area (Å²) in [5.74, 6) is -0.0531. The first-order valence-corrected chi connectivity index (χ1v) is 7.65. The average molecular weight is 347 g/mol. The number of hydrogen-bond acceptors (Lipinski definition) is 2. The Bertz CT molecular complexity index is 655. The van der Waals surface area contributed by atoms with E-state index in [4.69, 9.17) is 0 Å². The highest BCUT2D eigenvalue weighted by atomic mass is 79.9. The van der Waals surface area contributed by atoms with Gasteiger partial charge in [-0.05, 0) is 55.3 Å². The van der Waals surface area contributed by atoms with Crippen LogP contribution in [0.15, 0.2) is 46.9 Å². The Hall–Kier alpha value is -1.81. The number of carbonyl (C=O) groups excluding carboxylic acids is 1. The molecule has 0 saturated carbocycles. The third kappa shape index (κ3) is 3.85. The van der Waals surface area contributed by atoms with Crippen molar-refractivity contribution in [2.45, 2.75) is 19.9 Å². The van der Waals surface area contributed by atoms with Crippen LogP contribution >= 0.6 is 15.9 Å². The minimum Gasteiger partial charge on any atom is -0.388 e. The van der Waals surface area contributed by atoms with Crippen LogP contribution < -0.4 is 10.6 Å². The molecule has 0 aromatic heterocycles. The van der Waals surface area contributed by atoms with E-state index in [0.29, 0.717) is 5.56 Å². The molecule has 0 aliphatic heterocycles. The number of hydrogen-bond donors (Lipinski definition) is 2. The first-order valence-electron chi connectivity index (χ1n) is 6.86. The molecule has 0 fully saturated rings. The summed E-state index contributed by atoms with van der Waals surface area (Å²) in [5, 5.41) is 6.11. The molecular weight excluding hydrogens is 328 g/mol. The fourth-order valence-corrected chi connectivity index (χ4v) is 2.62. The Morgan fingerprint density at radius 2 is 1.95 bits per heavy atom. The molecule has 2 N–H and O–H groups in total. The van der Waals surface area contributed by atoms with Crippen LogP contribution in [0, 0.1) is 6.92 Å². The van der Waals surface area contributed by atoms with Crippen molar-refractivity contribution in [2.75, 3.05) is 12.4 Å². The molecule has 4 heteroatoms. The second-order valence-electron chi connectivity index (χ2n) is 5.03. The predicted octanol–water partition coefficient (Wildman–Crippen LogP) is 4.29. The first kappa shape index (κ1) is 15.6. The van der Waals surface area contributed by atoms with E-state index in [2.05, 4.69) is 26.6 Å². The largest absolute Gasteiger partial charge is 0.388 e. The van der Waals surface area contributed by atoms with Gasteiger partial charge in [0.1, 0.15) is 0 Å². The van der Waals surface area contributed by atoms with Gasteiger partial charge < -0.3 is 10.6 Å². The SMILES string of the molecule is CNc1ccc(C(=O)NC(C)c2cccc(Br)c2)c(C)c1. The third-order valence-corrected chi connectivity index (χ3v) is 3.95. The molecule has 0 heterocycles. The highest BCUT2D eigenvalue weighted by Gasteiger charge is 2.13. The van der Waals surface area contributed by atoms with Crippen LogP contribution in [0.5, 0.6) is 0 Å². The fraction of sp³-hybridized carbons (Fsp3) is 0.235. The van der Waals surface area contributed by atoms with E-state index in [0.717, 1.165) is 21.3 Å². The maximum Gasteiger partial charge on any atom is 0.252 e. The molecule has 0 aliphatic rings. The monoisotopic (exact) mass is 346 g/mol. The normalized spacial score (nSPS) is 11.8. The fourth-order valence-electron chi connectivity index (χ4n) is 2.21. The van der Waals surface area contributed by atoms with Gasteiger partial charge >= 0.3 is 0 Å². The van der Waals surface area contributed by atoms with Gasteiger partial charge in [0, 0.05) is 22.8 Å². The van der Waals surface area contributed by atoms with Gasteiger partial charge in [-0.3, -0.25) is 4.79 Å². The number of benzene rings is 2. The molecule has 3 nitrogen and oxygen atoms in total. The van der Waals surface area contributed by atoms with E-state index in [1.54, 1.807) is 0 Å². The molecule has 2 aromatic rings. The molecule has 1 atom stereocenters. The Labute approximate surface area is 133 Å². The third-order valence-electron chi connectivity index (χ3n) is 3.46. The summed E-state index contributed by atoms with van der Waals surface area (Å²) in [7, 11) is 1.86. The van der Waals surface area contributed by atoms with Crippen molar-refractivity contribution in [3.63, 3.8) is 0 Å². The highest BCUT2D eigenvalue weighted by molar-refractivity contribution is 9.10. The van der Waals surface area contributed by atoms with Crippen LogP contribution in [0.4, 0.5) is 5.69 Å². The van der Waals surface area contributed by atoms with E-state index in [1.807, 2.05) is 63.4 Å². The van der Waals surface area contributed by atoms with E-state index >= 15 is 0 Å². The standard InChI is InChI=1S/C17H19BrN2O/c1-11-9-15(19-3)7-8-16(11)17(21)20-12(2)13-5-4-6-14(18)10-13/h4-10,12,19H,1-3H3,(H,20,21). The number of halogens is 1. The summed E-state index contributed by atoms with van der Waals surface area (Å²) in [4.78, 5) is 12.4. The number of anilines is 1. The molecule has 21 heavy (non-hydrogen) atoms. The van der Waals surface area contributed by atoms with Gasteiger partial charge in [-0.2, -0.15) is 0 Å². The van der Waals surface area contributed by atoms with E-state index < -0.39 is 0 Å². The summed E-state index contributed by atoms with van der Waals surface area (Å²) in [5.41, 5.74) is 3.74. The van der Waals surface area contributed by atoms with E-state index in [-0.39, 0.29) is 11.9 Å². The van der Waals surface area contributed by atoms with Gasteiger partial charge in [0.05, 0.1) is 6.04 Å². The van der Waals surface area contributed by atoms with Crippen molar-refractivity contribution < 1.29 is 4.79 Å². The van der Waals surface area contributed by atoms with Gasteiger partial charge in [-0.15, -0.1) is 0 Å². The summed E-state index contributed by atoms with van der Waals surface area (Å²) in [6, 6.07) is 13.6. The van der Waals surface area contributed by atoms with Crippen LogP contribution in [0.25, 0.3) is 0 Å². The molecule has 0 radical (unpaired) electrons. The Morgan fingerprint density at radius 3 is 2.57 bits per heavy atom. The molecule has 2 rings (SSSR count). The maximum atomic E-state index is 12.4. The van der Waals surface area contributed by atoms with Crippen LogP contribution in [-0.4, -0.2) is 13.0 Å². The van der Waals surface area contributed by atoms with E-state index in [9.17, 15) is 4.79 Å². The van der Waals surface area contributed by atoms with Crippen molar-refractivity contribution in [3.8, 4) is 0 Å². The number of nitrogens with one attached hydrogen (secondary N) is 2. The number of amides is 1. The Morgan fingerprint density at radius 1 is 1.19 bits per heavy atom. The van der Waals surface area contributed by atoms with Gasteiger partial charge in [0.15, 0.2) is 0 Å². The van der Waals surface area contributed by atoms with Crippen LogP contribution in [0.2, 0.25) is 0 Å². The molecule has 1 unspecified atom stereocenters. The van der Waals surface area contributed by atoms with Gasteiger partial charge in [-0.1, -0.05) is 28.1 Å². The van der Waals surface area contributed by atoms with Crippen molar-refractivity contribution in [3.05, 3.63) is 63.6 Å². The van der Waals surface area contributed by atoms with Gasteiger partial charge in [0.2, 0.25) is 0 Å². The summed E-state index contributed by atoms with van der Waals surface area (Å²) >= 11 is 3.45. The van der Waals surface area contributed by atoms with Crippen molar-refractivity contribution in [1.82, 2.24) is 5.32 Å². The van der Waals surface area contributed by atoms with Crippen molar-refractivity contribution >= 4 is 27.5 Å². The van der Waals surface area contributed by atoms with Crippen molar-refractivity contribution in [2.24, 2.45) is 0 Å². The number of aryl methyl sites for hydroxylation is 1. The molecule has 0 aliphatic carbocycles. The lowest BCUT2D eigenvalue weighted by Gasteiger charge is -2.16. The molecule has 110 valence electrons. The molecule has 0 saturated heterocycles. The van der Waals surface area contributed by atoms with Crippen molar-refractivity contribution in [1.29, 1.82) is 0 Å². The molecule has 2 aromatic carbocycles. The van der Waals surface area contributed by atoms with Gasteiger partial charge in [-0.25, -0.2) is 0 Å². The van der Waals surface area contributed by atoms with Crippen LogP contribution in [-0.2, 0) is 0 Å². The first-order chi connectivity index (χ1) is 10.0. The minimum absolute atomic E-state index is 0.0432. The second-order valence-corrected chi connectivity index (χ2v) is 5.95. The molecule has 0 spiro atoms. The van der Waals surface area contributed by atoms with E-state index in [1.165, 1.54) is 0 Å². The lowest BCUT2D eigenvalue weighted by atomic mass is 10.0. The molecular formula is C17H19BrN2O. The second kappa shape index (κ2) is 6.76. The topological polar surface area (TPSA) is 41.1 Å². The van der Waals surface area contributed by atoms with Crippen LogP contribution in [0.3, 0.4) is 0 Å². The summed E-state index contributed by atoms with van der Waals surface area (Å²) < 4.78 is 1.01. The highest BCUT2D eigenvalue weighted by Crippen LogP contribution is 2.19. The molecule has 1 amide bonds. The predicted molar refractivity (Wildman–Crippen MR) is 90.7 cm³/mol. The maximum absolute atomic E-state index is 12.4. The Balaban J connectivity index is 2.14. The number of rotatable bonds is 4. The van der Waals surface area contributed by atoms with Gasteiger partial charge in [0.25, 0.3) is 5.91 Å². The minimum atomic E-state index is -0.0531. The lowest BCUT2D eigenvalue weighted by Crippen LogP contribution is -2.27. The van der Waals surface area contributed by atoms with Crippen LogP contribution in [0.1, 0.15) is 34.5 Å². The average Bonchev–Trinajstić information content (AvgIpc) is 2.46. The zero-order valence-corrected chi connectivity index (χ0v) is 14.0.